The van der Waals surface area contributed by atoms with Crippen molar-refractivity contribution in [2.75, 3.05) is 33.3 Å². The summed E-state index contributed by atoms with van der Waals surface area (Å²) in [6.45, 7) is 3.57. The number of carbonyl (C=O) groups is 2. The lowest BCUT2D eigenvalue weighted by Gasteiger charge is -2.34. The zero-order chi connectivity index (χ0) is 27.4. The lowest BCUT2D eigenvalue weighted by atomic mass is 10.1. The number of piperazine rings is 1. The summed E-state index contributed by atoms with van der Waals surface area (Å²) in [6.07, 6.45) is 3.38. The molecule has 7 heteroatoms. The van der Waals surface area contributed by atoms with Gasteiger partial charge in [0.2, 0.25) is 5.91 Å². The molecule has 2 heterocycles. The van der Waals surface area contributed by atoms with E-state index in [1.807, 2.05) is 67.6 Å². The summed E-state index contributed by atoms with van der Waals surface area (Å²) in [5.74, 6) is 0.126. The summed E-state index contributed by atoms with van der Waals surface area (Å²) in [5, 5.41) is 0. The summed E-state index contributed by atoms with van der Waals surface area (Å²) >= 11 is 0. The first-order valence-corrected chi connectivity index (χ1v) is 12.9. The Morgan fingerprint density at radius 2 is 1.49 bits per heavy atom. The minimum Gasteiger partial charge on any atom is -0.497 e. The molecule has 1 saturated heterocycles. The zero-order valence-electron chi connectivity index (χ0n) is 22.0. The van der Waals surface area contributed by atoms with Gasteiger partial charge in [-0.3, -0.25) is 9.59 Å². The maximum atomic E-state index is 14.9. The van der Waals surface area contributed by atoms with Crippen LogP contribution in [0.5, 0.6) is 5.75 Å². The highest BCUT2D eigenvalue weighted by Crippen LogP contribution is 2.32. The molecule has 2 amide bonds. The average molecular weight is 524 g/mol. The fraction of sp³-hybridized carbons (Fsp3) is 0.188. The van der Waals surface area contributed by atoms with Crippen molar-refractivity contribution in [1.82, 2.24) is 14.4 Å². The van der Waals surface area contributed by atoms with Gasteiger partial charge in [0, 0.05) is 37.9 Å². The minimum atomic E-state index is -0.374. The molecule has 0 spiro atoms. The maximum absolute atomic E-state index is 14.9. The highest BCUT2D eigenvalue weighted by molar-refractivity contribution is 5.98. The Morgan fingerprint density at radius 1 is 0.846 bits per heavy atom. The standard InChI is InChI=1S/C32H30FN3O3/c1-23-27(32(38)35-20-18-34(19-21-35)31(37)17-12-24-8-4-3-5-9-24)22-30(25-13-15-26(39-2)16-14-25)36(23)29-11-7-6-10-28(29)33/h3-17,22H,18-21H2,1-2H3/b17-12+. The molecule has 3 aromatic carbocycles. The van der Waals surface area contributed by atoms with Crippen LogP contribution in [0.1, 0.15) is 21.6 Å². The molecule has 1 aliphatic rings. The molecule has 198 valence electrons. The molecule has 6 nitrogen and oxygen atoms in total. The van der Waals surface area contributed by atoms with Gasteiger partial charge in [-0.15, -0.1) is 0 Å². The Kier molecular flexibility index (Phi) is 7.59. The first-order valence-electron chi connectivity index (χ1n) is 12.9. The molecule has 0 N–H and O–H groups in total. The molecule has 5 rings (SSSR count). The second kappa shape index (κ2) is 11.4. The van der Waals surface area contributed by atoms with Crippen molar-refractivity contribution in [3.63, 3.8) is 0 Å². The Morgan fingerprint density at radius 3 is 2.15 bits per heavy atom. The minimum absolute atomic E-state index is 0.0744. The summed E-state index contributed by atoms with van der Waals surface area (Å²) in [5.41, 5.74) is 4.04. The fourth-order valence-electron chi connectivity index (χ4n) is 4.88. The van der Waals surface area contributed by atoms with Gasteiger partial charge < -0.3 is 19.1 Å². The molecule has 1 aromatic heterocycles. The third-order valence-corrected chi connectivity index (χ3v) is 7.05. The smallest absolute Gasteiger partial charge is 0.255 e. The normalized spacial score (nSPS) is 13.6. The lowest BCUT2D eigenvalue weighted by Crippen LogP contribution is -2.50. The van der Waals surface area contributed by atoms with Crippen molar-refractivity contribution < 1.29 is 18.7 Å². The first-order chi connectivity index (χ1) is 19.0. The monoisotopic (exact) mass is 523 g/mol. The summed E-state index contributed by atoms with van der Waals surface area (Å²) in [4.78, 5) is 29.9. The molecule has 39 heavy (non-hydrogen) atoms. The van der Waals surface area contributed by atoms with E-state index in [9.17, 15) is 14.0 Å². The van der Waals surface area contributed by atoms with Crippen molar-refractivity contribution in [2.24, 2.45) is 0 Å². The highest BCUT2D eigenvalue weighted by Gasteiger charge is 2.28. The number of amides is 2. The van der Waals surface area contributed by atoms with Crippen LogP contribution < -0.4 is 4.74 Å². The van der Waals surface area contributed by atoms with Gasteiger partial charge in [0.15, 0.2) is 0 Å². The second-order valence-electron chi connectivity index (χ2n) is 9.41. The average Bonchev–Trinajstić information content (AvgIpc) is 3.33. The van der Waals surface area contributed by atoms with Crippen LogP contribution in [0.4, 0.5) is 4.39 Å². The third kappa shape index (κ3) is 5.48. The number of hydrogen-bond acceptors (Lipinski definition) is 3. The van der Waals surface area contributed by atoms with Gasteiger partial charge in [0.25, 0.3) is 5.91 Å². The van der Waals surface area contributed by atoms with Crippen LogP contribution in [0.15, 0.2) is 91.0 Å². The van der Waals surface area contributed by atoms with E-state index in [1.165, 1.54) is 6.07 Å². The topological polar surface area (TPSA) is 54.8 Å². The number of para-hydroxylation sites is 1. The quantitative estimate of drug-likeness (QED) is 0.309. The Balaban J connectivity index is 1.38. The van der Waals surface area contributed by atoms with Gasteiger partial charge >= 0.3 is 0 Å². The molecule has 0 atom stereocenters. The number of ether oxygens (including phenoxy) is 1. The van der Waals surface area contributed by atoms with Gasteiger partial charge in [-0.05, 0) is 66.6 Å². The molecule has 0 aliphatic carbocycles. The summed E-state index contributed by atoms with van der Waals surface area (Å²) < 4.78 is 22.0. The zero-order valence-corrected chi connectivity index (χ0v) is 22.0. The predicted molar refractivity (Wildman–Crippen MR) is 150 cm³/mol. The van der Waals surface area contributed by atoms with Crippen molar-refractivity contribution in [3.8, 4) is 22.7 Å². The van der Waals surface area contributed by atoms with E-state index in [1.54, 1.807) is 51.8 Å². The molecule has 0 unspecified atom stereocenters. The number of rotatable bonds is 6. The van der Waals surface area contributed by atoms with Crippen molar-refractivity contribution in [1.29, 1.82) is 0 Å². The van der Waals surface area contributed by atoms with Crippen LogP contribution in [-0.2, 0) is 4.79 Å². The van der Waals surface area contributed by atoms with E-state index in [2.05, 4.69) is 0 Å². The number of aromatic nitrogens is 1. The van der Waals surface area contributed by atoms with E-state index in [0.29, 0.717) is 54.6 Å². The van der Waals surface area contributed by atoms with E-state index < -0.39 is 0 Å². The van der Waals surface area contributed by atoms with E-state index >= 15 is 0 Å². The fourth-order valence-corrected chi connectivity index (χ4v) is 4.88. The predicted octanol–water partition coefficient (Wildman–Crippen LogP) is 5.60. The van der Waals surface area contributed by atoms with Gasteiger partial charge in [0.1, 0.15) is 11.6 Å². The van der Waals surface area contributed by atoms with Gasteiger partial charge in [0.05, 0.1) is 24.1 Å². The SMILES string of the molecule is COc1ccc(-c2cc(C(=O)N3CCN(C(=O)/C=C/c4ccccc4)CC3)c(C)n2-c2ccccc2F)cc1. The lowest BCUT2D eigenvalue weighted by molar-refractivity contribution is -0.127. The maximum Gasteiger partial charge on any atom is 0.255 e. The Labute approximate surface area is 227 Å². The number of carbonyl (C=O) groups excluding carboxylic acids is 2. The first kappa shape index (κ1) is 26.0. The van der Waals surface area contributed by atoms with E-state index in [4.69, 9.17) is 4.74 Å². The van der Waals surface area contributed by atoms with Crippen LogP contribution in [0.3, 0.4) is 0 Å². The largest absolute Gasteiger partial charge is 0.497 e. The van der Waals surface area contributed by atoms with Gasteiger partial charge in [-0.2, -0.15) is 0 Å². The second-order valence-corrected chi connectivity index (χ2v) is 9.41. The molecule has 0 saturated carbocycles. The van der Waals surface area contributed by atoms with Crippen molar-refractivity contribution >= 4 is 17.9 Å². The number of halogens is 1. The molecular formula is C32H30FN3O3. The van der Waals surface area contributed by atoms with E-state index in [-0.39, 0.29) is 17.6 Å². The molecule has 4 aromatic rings. The van der Waals surface area contributed by atoms with Crippen LogP contribution >= 0.6 is 0 Å². The molecule has 1 aliphatic heterocycles. The van der Waals surface area contributed by atoms with Crippen molar-refractivity contribution in [3.05, 3.63) is 114 Å². The third-order valence-electron chi connectivity index (χ3n) is 7.05. The summed E-state index contributed by atoms with van der Waals surface area (Å²) in [6, 6.07) is 25.5. The molecule has 1 fully saturated rings. The molecule has 0 bridgehead atoms. The molecular weight excluding hydrogens is 493 g/mol. The number of nitrogens with zero attached hydrogens (tertiary/aromatic N) is 3. The highest BCUT2D eigenvalue weighted by atomic mass is 19.1. The Hall–Kier alpha value is -4.65. The van der Waals surface area contributed by atoms with Crippen LogP contribution in [0.2, 0.25) is 0 Å². The van der Waals surface area contributed by atoms with E-state index in [0.717, 1.165) is 11.1 Å². The number of methoxy groups -OCH3 is 1. The van der Waals surface area contributed by atoms with Crippen LogP contribution in [-0.4, -0.2) is 59.5 Å². The van der Waals surface area contributed by atoms with Gasteiger partial charge in [-0.25, -0.2) is 4.39 Å². The number of benzene rings is 3. The van der Waals surface area contributed by atoms with Crippen LogP contribution in [0.25, 0.3) is 23.0 Å². The van der Waals surface area contributed by atoms with Crippen molar-refractivity contribution in [2.45, 2.75) is 6.92 Å². The Bertz CT molecular complexity index is 1500. The van der Waals surface area contributed by atoms with Gasteiger partial charge in [-0.1, -0.05) is 42.5 Å². The summed E-state index contributed by atoms with van der Waals surface area (Å²) in [7, 11) is 1.60. The number of hydrogen-bond donors (Lipinski definition) is 0. The van der Waals surface area contributed by atoms with Crippen LogP contribution in [0, 0.1) is 12.7 Å². The molecule has 0 radical (unpaired) electrons.